The highest BCUT2D eigenvalue weighted by atomic mass is 32.2. The van der Waals surface area contributed by atoms with Crippen LogP contribution >= 0.6 is 11.8 Å². The highest BCUT2D eigenvalue weighted by molar-refractivity contribution is 8.14. The normalized spacial score (nSPS) is 22.3. The minimum Gasteiger partial charge on any atom is -0.486 e. The number of thioether (sulfide) groups is 1. The Balaban J connectivity index is 1.58. The first-order valence-electron chi connectivity index (χ1n) is 9.66. The maximum Gasteiger partial charge on any atom is 0.271 e. The fourth-order valence-corrected chi connectivity index (χ4v) is 5.36. The number of ether oxygens (including phenoxy) is 2. The Kier molecular flexibility index (Phi) is 4.27. The Morgan fingerprint density at radius 3 is 2.74 bits per heavy atom. The standard InChI is InChI=1S/C20H23N3O3S/c1-12-21-19-17(20(24)22-23(19)14-5-3-2-4-6-14)18(27-12)13-7-8-15-16(11-13)26-10-9-25-15/h7-8,11,14,18H,2-6,9-10H2,1H3,(H,22,24). The molecule has 1 atom stereocenters. The fraction of sp³-hybridized carbons (Fsp3) is 0.500. The first kappa shape index (κ1) is 17.0. The summed E-state index contributed by atoms with van der Waals surface area (Å²) in [5, 5.41) is 3.99. The molecule has 2 aromatic rings. The number of fused-ring (bicyclic) bond motifs is 2. The van der Waals surface area contributed by atoms with E-state index in [9.17, 15) is 4.79 Å². The molecule has 1 aromatic heterocycles. The number of aromatic nitrogens is 2. The second kappa shape index (κ2) is 6.78. The van der Waals surface area contributed by atoms with E-state index in [1.807, 2.05) is 29.8 Å². The van der Waals surface area contributed by atoms with E-state index in [2.05, 4.69) is 5.10 Å². The van der Waals surface area contributed by atoms with Gasteiger partial charge in [-0.15, -0.1) is 0 Å². The van der Waals surface area contributed by atoms with Gasteiger partial charge in [0.1, 0.15) is 13.2 Å². The van der Waals surface area contributed by atoms with Crippen molar-refractivity contribution < 1.29 is 9.47 Å². The van der Waals surface area contributed by atoms with Gasteiger partial charge in [0.15, 0.2) is 17.3 Å². The third-order valence-corrected chi connectivity index (χ3v) is 6.73. The summed E-state index contributed by atoms with van der Waals surface area (Å²) in [4.78, 5) is 17.7. The van der Waals surface area contributed by atoms with E-state index in [1.165, 1.54) is 19.3 Å². The van der Waals surface area contributed by atoms with Crippen molar-refractivity contribution in [2.45, 2.75) is 50.3 Å². The minimum atomic E-state index is -0.0816. The molecule has 0 bridgehead atoms. The molecule has 2 aliphatic heterocycles. The number of nitrogens with one attached hydrogen (secondary N) is 1. The average molecular weight is 385 g/mol. The second-order valence-electron chi connectivity index (χ2n) is 7.37. The maximum atomic E-state index is 12.9. The summed E-state index contributed by atoms with van der Waals surface area (Å²) >= 11 is 1.63. The molecule has 1 aromatic carbocycles. The summed E-state index contributed by atoms with van der Waals surface area (Å²) in [6.07, 6.45) is 5.91. The van der Waals surface area contributed by atoms with Crippen LogP contribution in [0, 0.1) is 0 Å². The summed E-state index contributed by atoms with van der Waals surface area (Å²) in [6, 6.07) is 6.32. The molecule has 5 rings (SSSR count). The van der Waals surface area contributed by atoms with Crippen LogP contribution in [0.15, 0.2) is 28.0 Å². The molecular formula is C20H23N3O3S. The lowest BCUT2D eigenvalue weighted by Gasteiger charge is -2.26. The molecule has 0 spiro atoms. The van der Waals surface area contributed by atoms with Crippen molar-refractivity contribution in [3.63, 3.8) is 0 Å². The predicted molar refractivity (Wildman–Crippen MR) is 107 cm³/mol. The van der Waals surface area contributed by atoms with Gasteiger partial charge in [0, 0.05) is 0 Å². The van der Waals surface area contributed by atoms with E-state index < -0.39 is 0 Å². The molecule has 27 heavy (non-hydrogen) atoms. The smallest absolute Gasteiger partial charge is 0.271 e. The Bertz CT molecular complexity index is 956. The number of benzene rings is 1. The Hall–Kier alpha value is -2.15. The van der Waals surface area contributed by atoms with Crippen LogP contribution in [0.5, 0.6) is 11.5 Å². The molecule has 1 N–H and O–H groups in total. The van der Waals surface area contributed by atoms with Gasteiger partial charge in [-0.3, -0.25) is 14.6 Å². The largest absolute Gasteiger partial charge is 0.486 e. The van der Waals surface area contributed by atoms with Gasteiger partial charge in [0.25, 0.3) is 5.56 Å². The second-order valence-corrected chi connectivity index (χ2v) is 8.67. The summed E-state index contributed by atoms with van der Waals surface area (Å²) in [5.74, 6) is 2.33. The molecule has 7 heteroatoms. The van der Waals surface area contributed by atoms with Crippen LogP contribution in [0.25, 0.3) is 0 Å². The Labute approximate surface area is 161 Å². The van der Waals surface area contributed by atoms with Gasteiger partial charge in [0.2, 0.25) is 0 Å². The summed E-state index contributed by atoms with van der Waals surface area (Å²) < 4.78 is 13.4. The molecular weight excluding hydrogens is 362 g/mol. The van der Waals surface area contributed by atoms with Gasteiger partial charge in [-0.25, -0.2) is 4.99 Å². The number of rotatable bonds is 2. The third-order valence-electron chi connectivity index (χ3n) is 5.56. The van der Waals surface area contributed by atoms with Crippen molar-refractivity contribution in [3.8, 4) is 11.5 Å². The topological polar surface area (TPSA) is 68.6 Å². The van der Waals surface area contributed by atoms with Gasteiger partial charge in [-0.2, -0.15) is 0 Å². The number of hydrogen-bond acceptors (Lipinski definition) is 5. The number of H-pyrrole nitrogens is 1. The molecule has 1 aliphatic carbocycles. The summed E-state index contributed by atoms with van der Waals surface area (Å²) in [7, 11) is 0. The lowest BCUT2D eigenvalue weighted by molar-refractivity contribution is 0.171. The van der Waals surface area contributed by atoms with E-state index in [0.29, 0.717) is 19.3 Å². The van der Waals surface area contributed by atoms with E-state index in [0.717, 1.165) is 46.3 Å². The summed E-state index contributed by atoms with van der Waals surface area (Å²) in [5.41, 5.74) is 1.78. The first-order valence-corrected chi connectivity index (χ1v) is 10.5. The molecule has 0 radical (unpaired) electrons. The zero-order chi connectivity index (χ0) is 18.4. The van der Waals surface area contributed by atoms with Crippen molar-refractivity contribution in [2.75, 3.05) is 13.2 Å². The van der Waals surface area contributed by atoms with Crippen molar-refractivity contribution >= 4 is 22.6 Å². The van der Waals surface area contributed by atoms with Crippen LogP contribution in [-0.2, 0) is 0 Å². The SMILES string of the molecule is CC1=Nc2c(c(=O)[nH]n2C2CCCCC2)C(c2ccc3c(c2)OCCO3)S1. The molecule has 0 amide bonds. The van der Waals surface area contributed by atoms with Gasteiger partial charge in [-0.1, -0.05) is 37.1 Å². The Morgan fingerprint density at radius 2 is 1.93 bits per heavy atom. The minimum absolute atomic E-state index is 0.0285. The summed E-state index contributed by atoms with van der Waals surface area (Å²) in [6.45, 7) is 3.14. The quantitative estimate of drug-likeness (QED) is 0.835. The van der Waals surface area contributed by atoms with Gasteiger partial charge < -0.3 is 9.47 Å². The number of nitrogens with zero attached hydrogens (tertiary/aromatic N) is 2. The van der Waals surface area contributed by atoms with Gasteiger partial charge in [0.05, 0.1) is 21.9 Å². The molecule has 1 saturated carbocycles. The number of aromatic amines is 1. The molecule has 142 valence electrons. The van der Waals surface area contributed by atoms with Gasteiger partial charge >= 0.3 is 0 Å². The molecule has 3 heterocycles. The molecule has 1 fully saturated rings. The monoisotopic (exact) mass is 385 g/mol. The molecule has 3 aliphatic rings. The number of aliphatic imine (C=N–C) groups is 1. The lowest BCUT2D eigenvalue weighted by Crippen LogP contribution is -2.17. The Morgan fingerprint density at radius 1 is 1.15 bits per heavy atom. The van der Waals surface area contributed by atoms with Crippen molar-refractivity contribution in [1.29, 1.82) is 0 Å². The van der Waals surface area contributed by atoms with E-state index >= 15 is 0 Å². The first-order chi connectivity index (χ1) is 13.2. The van der Waals surface area contributed by atoms with Crippen LogP contribution < -0.4 is 15.0 Å². The molecule has 1 unspecified atom stereocenters. The highest BCUT2D eigenvalue weighted by Crippen LogP contribution is 2.46. The fourth-order valence-electron chi connectivity index (χ4n) is 4.27. The molecule has 6 nitrogen and oxygen atoms in total. The zero-order valence-electron chi connectivity index (χ0n) is 15.4. The van der Waals surface area contributed by atoms with Gasteiger partial charge in [-0.05, 0) is 37.5 Å². The van der Waals surface area contributed by atoms with E-state index in [1.54, 1.807) is 11.8 Å². The molecule has 0 saturated heterocycles. The van der Waals surface area contributed by atoms with Crippen LogP contribution in [0.4, 0.5) is 5.82 Å². The maximum absolute atomic E-state index is 12.9. The van der Waals surface area contributed by atoms with E-state index in [4.69, 9.17) is 14.5 Å². The van der Waals surface area contributed by atoms with E-state index in [-0.39, 0.29) is 10.8 Å². The predicted octanol–water partition coefficient (Wildman–Crippen LogP) is 4.34. The van der Waals surface area contributed by atoms with Crippen molar-refractivity contribution in [2.24, 2.45) is 4.99 Å². The van der Waals surface area contributed by atoms with Crippen LogP contribution in [0.1, 0.15) is 61.4 Å². The highest BCUT2D eigenvalue weighted by Gasteiger charge is 2.32. The van der Waals surface area contributed by atoms with Crippen LogP contribution in [-0.4, -0.2) is 28.0 Å². The van der Waals surface area contributed by atoms with Crippen molar-refractivity contribution in [3.05, 3.63) is 39.7 Å². The van der Waals surface area contributed by atoms with Crippen molar-refractivity contribution in [1.82, 2.24) is 9.78 Å². The number of hydrogen-bond donors (Lipinski definition) is 1. The van der Waals surface area contributed by atoms with Crippen LogP contribution in [0.2, 0.25) is 0 Å². The van der Waals surface area contributed by atoms with Crippen LogP contribution in [0.3, 0.4) is 0 Å². The average Bonchev–Trinajstić information content (AvgIpc) is 3.04. The lowest BCUT2D eigenvalue weighted by atomic mass is 9.95. The third kappa shape index (κ3) is 2.98. The zero-order valence-corrected chi connectivity index (χ0v) is 16.2.